The number of urea groups is 1. The summed E-state index contributed by atoms with van der Waals surface area (Å²) in [6.07, 6.45) is 0.786. The first-order valence-electron chi connectivity index (χ1n) is 6.99. The molecule has 0 spiro atoms. The van der Waals surface area contributed by atoms with Gasteiger partial charge in [0.25, 0.3) is 0 Å². The summed E-state index contributed by atoms with van der Waals surface area (Å²) in [7, 11) is 3.56. The van der Waals surface area contributed by atoms with E-state index >= 15 is 0 Å². The smallest absolute Gasteiger partial charge is 0.320 e. The molecular formula is C13H25N3O4. The Morgan fingerprint density at radius 3 is 2.60 bits per heavy atom. The maximum absolute atomic E-state index is 12.5. The fourth-order valence-electron chi connectivity index (χ4n) is 2.32. The number of aliphatic carboxylic acids is 1. The van der Waals surface area contributed by atoms with Gasteiger partial charge in [0.1, 0.15) is 5.92 Å². The first-order chi connectivity index (χ1) is 9.52. The van der Waals surface area contributed by atoms with Gasteiger partial charge in [-0.1, -0.05) is 6.92 Å². The van der Waals surface area contributed by atoms with E-state index in [0.29, 0.717) is 26.2 Å². The minimum Gasteiger partial charge on any atom is -0.481 e. The number of carboxylic acid groups (broad SMARTS) is 1. The van der Waals surface area contributed by atoms with Crippen LogP contribution in [0.15, 0.2) is 0 Å². The molecule has 2 unspecified atom stereocenters. The number of carbonyl (C=O) groups excluding carboxylic acids is 1. The molecule has 0 aromatic rings. The van der Waals surface area contributed by atoms with Crippen molar-refractivity contribution in [3.63, 3.8) is 0 Å². The van der Waals surface area contributed by atoms with Crippen LogP contribution in [-0.4, -0.2) is 79.9 Å². The van der Waals surface area contributed by atoms with Crippen molar-refractivity contribution in [1.82, 2.24) is 15.1 Å². The predicted molar refractivity (Wildman–Crippen MR) is 74.7 cm³/mol. The zero-order chi connectivity index (χ0) is 15.1. The summed E-state index contributed by atoms with van der Waals surface area (Å²) in [5.74, 6) is -1.54. The van der Waals surface area contributed by atoms with Crippen LogP contribution in [0.4, 0.5) is 4.79 Å². The Morgan fingerprint density at radius 2 is 2.05 bits per heavy atom. The Bertz CT molecular complexity index is 338. The highest BCUT2D eigenvalue weighted by molar-refractivity contribution is 5.77. The number of likely N-dealkylation sites (N-methyl/N-ethyl adjacent to an activating group) is 2. The van der Waals surface area contributed by atoms with Gasteiger partial charge in [-0.05, 0) is 13.5 Å². The van der Waals surface area contributed by atoms with E-state index < -0.39 is 11.9 Å². The molecule has 1 aliphatic rings. The highest BCUT2D eigenvalue weighted by Gasteiger charge is 2.40. The number of hydrogen-bond donors (Lipinski definition) is 2. The van der Waals surface area contributed by atoms with Crippen molar-refractivity contribution in [2.24, 2.45) is 5.92 Å². The highest BCUT2D eigenvalue weighted by Crippen LogP contribution is 2.21. The van der Waals surface area contributed by atoms with Gasteiger partial charge < -0.3 is 25.0 Å². The summed E-state index contributed by atoms with van der Waals surface area (Å²) >= 11 is 0. The van der Waals surface area contributed by atoms with Crippen molar-refractivity contribution in [3.05, 3.63) is 0 Å². The van der Waals surface area contributed by atoms with Gasteiger partial charge in [-0.2, -0.15) is 0 Å². The lowest BCUT2D eigenvalue weighted by molar-refractivity contribution is -0.142. The number of ether oxygens (including phenoxy) is 1. The fourth-order valence-corrected chi connectivity index (χ4v) is 2.32. The zero-order valence-corrected chi connectivity index (χ0v) is 12.5. The fraction of sp³-hybridized carbons (Fsp3) is 0.846. The maximum Gasteiger partial charge on any atom is 0.320 e. The predicted octanol–water partition coefficient (Wildman–Crippen LogP) is 0.0692. The van der Waals surface area contributed by atoms with Crippen LogP contribution in [0.2, 0.25) is 0 Å². The third-order valence-electron chi connectivity index (χ3n) is 3.50. The minimum absolute atomic E-state index is 0.135. The van der Waals surface area contributed by atoms with Gasteiger partial charge in [0, 0.05) is 26.7 Å². The van der Waals surface area contributed by atoms with Crippen molar-refractivity contribution >= 4 is 12.0 Å². The molecule has 0 aromatic carbocycles. The van der Waals surface area contributed by atoms with E-state index in [1.54, 1.807) is 16.8 Å². The molecule has 1 heterocycles. The Hall–Kier alpha value is -1.34. The molecule has 1 saturated heterocycles. The van der Waals surface area contributed by atoms with Gasteiger partial charge in [0.2, 0.25) is 0 Å². The summed E-state index contributed by atoms with van der Waals surface area (Å²) in [4.78, 5) is 27.0. The average Bonchev–Trinajstić information content (AvgIpc) is 2.90. The number of carbonyl (C=O) groups is 2. The lowest BCUT2D eigenvalue weighted by atomic mass is 10.0. The van der Waals surface area contributed by atoms with Crippen LogP contribution >= 0.6 is 0 Å². The van der Waals surface area contributed by atoms with Crippen molar-refractivity contribution in [2.45, 2.75) is 19.4 Å². The van der Waals surface area contributed by atoms with Gasteiger partial charge >= 0.3 is 12.0 Å². The molecule has 116 valence electrons. The van der Waals surface area contributed by atoms with E-state index in [1.165, 1.54) is 0 Å². The number of rotatable bonds is 7. The van der Waals surface area contributed by atoms with E-state index in [0.717, 1.165) is 6.42 Å². The molecule has 1 rings (SSSR count). The molecule has 0 bridgehead atoms. The number of nitrogens with zero attached hydrogens (tertiary/aromatic N) is 2. The monoisotopic (exact) mass is 287 g/mol. The number of hydrogen-bond acceptors (Lipinski definition) is 4. The maximum atomic E-state index is 12.5. The molecule has 0 aromatic heterocycles. The zero-order valence-electron chi connectivity index (χ0n) is 12.5. The van der Waals surface area contributed by atoms with Crippen molar-refractivity contribution in [3.8, 4) is 0 Å². The molecule has 7 nitrogen and oxygen atoms in total. The van der Waals surface area contributed by atoms with Crippen molar-refractivity contribution < 1.29 is 19.4 Å². The van der Waals surface area contributed by atoms with Crippen molar-refractivity contribution in [2.75, 3.05) is 46.9 Å². The summed E-state index contributed by atoms with van der Waals surface area (Å²) in [5, 5.41) is 12.2. The minimum atomic E-state index is -0.903. The molecule has 1 aliphatic heterocycles. The lowest BCUT2D eigenvalue weighted by Gasteiger charge is -2.33. The third kappa shape index (κ3) is 4.08. The second-order valence-electron chi connectivity index (χ2n) is 5.05. The molecule has 1 fully saturated rings. The Balaban J connectivity index is 2.76. The van der Waals surface area contributed by atoms with Crippen LogP contribution in [0, 0.1) is 5.92 Å². The Kier molecular flexibility index (Phi) is 6.74. The van der Waals surface area contributed by atoms with Crippen LogP contribution in [0.25, 0.3) is 0 Å². The summed E-state index contributed by atoms with van der Waals surface area (Å²) in [6, 6.07) is -0.513. The summed E-state index contributed by atoms with van der Waals surface area (Å²) in [6.45, 7) is 4.27. The standard InChI is InChI=1S/C13H25N3O4/c1-4-6-16(13(19)15(3)7-5-14-2)11-9-20-8-10(11)12(17)18/h10-11,14H,4-9H2,1-3H3,(H,17,18). The third-order valence-corrected chi connectivity index (χ3v) is 3.50. The molecule has 0 radical (unpaired) electrons. The average molecular weight is 287 g/mol. The van der Waals surface area contributed by atoms with E-state index in [1.807, 2.05) is 14.0 Å². The van der Waals surface area contributed by atoms with E-state index in [4.69, 9.17) is 4.74 Å². The molecule has 20 heavy (non-hydrogen) atoms. The van der Waals surface area contributed by atoms with Crippen LogP contribution in [0.1, 0.15) is 13.3 Å². The van der Waals surface area contributed by atoms with E-state index in [-0.39, 0.29) is 18.7 Å². The van der Waals surface area contributed by atoms with Crippen LogP contribution in [-0.2, 0) is 9.53 Å². The highest BCUT2D eigenvalue weighted by atomic mass is 16.5. The van der Waals surface area contributed by atoms with Crippen LogP contribution in [0.5, 0.6) is 0 Å². The molecule has 0 saturated carbocycles. The second kappa shape index (κ2) is 8.06. The van der Waals surface area contributed by atoms with Gasteiger partial charge in [-0.3, -0.25) is 4.79 Å². The molecule has 7 heteroatoms. The largest absolute Gasteiger partial charge is 0.481 e. The van der Waals surface area contributed by atoms with Crippen LogP contribution in [0.3, 0.4) is 0 Å². The van der Waals surface area contributed by atoms with Gasteiger partial charge in [-0.15, -0.1) is 0 Å². The normalized spacial score (nSPS) is 21.8. The molecule has 0 aliphatic carbocycles. The topological polar surface area (TPSA) is 82.1 Å². The molecule has 2 N–H and O–H groups in total. The lowest BCUT2D eigenvalue weighted by Crippen LogP contribution is -2.52. The first kappa shape index (κ1) is 16.7. The number of amides is 2. The van der Waals surface area contributed by atoms with Crippen LogP contribution < -0.4 is 5.32 Å². The van der Waals surface area contributed by atoms with Gasteiger partial charge in [-0.25, -0.2) is 4.79 Å². The van der Waals surface area contributed by atoms with Crippen molar-refractivity contribution in [1.29, 1.82) is 0 Å². The van der Waals surface area contributed by atoms with E-state index in [2.05, 4.69) is 5.32 Å². The summed E-state index contributed by atoms with van der Waals surface area (Å²) < 4.78 is 5.26. The second-order valence-corrected chi connectivity index (χ2v) is 5.05. The van der Waals surface area contributed by atoms with Gasteiger partial charge in [0.15, 0.2) is 0 Å². The number of carboxylic acids is 1. The molecule has 2 atom stereocenters. The van der Waals surface area contributed by atoms with Gasteiger partial charge in [0.05, 0.1) is 19.3 Å². The first-order valence-corrected chi connectivity index (χ1v) is 6.99. The SMILES string of the molecule is CCCN(C(=O)N(C)CCNC)C1COCC1C(=O)O. The quantitative estimate of drug-likeness (QED) is 0.692. The Morgan fingerprint density at radius 1 is 1.35 bits per heavy atom. The van der Waals surface area contributed by atoms with E-state index in [9.17, 15) is 14.7 Å². The summed E-state index contributed by atoms with van der Waals surface area (Å²) in [5.41, 5.74) is 0. The molecular weight excluding hydrogens is 262 g/mol. The number of nitrogens with one attached hydrogen (secondary N) is 1. The molecule has 2 amide bonds. The Labute approximate surface area is 119 Å².